The highest BCUT2D eigenvalue weighted by Gasteiger charge is 2.32. The van der Waals surface area contributed by atoms with E-state index in [0.717, 1.165) is 0 Å². The van der Waals surface area contributed by atoms with Crippen molar-refractivity contribution >= 4 is 36.1 Å². The molecule has 0 saturated heterocycles. The number of fused-ring (bicyclic) bond motifs is 1. The van der Waals surface area contributed by atoms with Gasteiger partial charge in [-0.2, -0.15) is 12.6 Å². The van der Waals surface area contributed by atoms with E-state index in [0.29, 0.717) is 11.3 Å². The minimum atomic E-state index is -0.851. The highest BCUT2D eigenvalue weighted by Crippen LogP contribution is 2.31. The lowest BCUT2D eigenvalue weighted by atomic mass is 9.87. The lowest BCUT2D eigenvalue weighted by molar-refractivity contribution is -0.146. The Balaban J connectivity index is 2.03. The van der Waals surface area contributed by atoms with E-state index in [1.807, 2.05) is 0 Å². The van der Waals surface area contributed by atoms with Gasteiger partial charge in [0, 0.05) is 30.4 Å². The van der Waals surface area contributed by atoms with Crippen LogP contribution in [0.2, 0.25) is 0 Å². The lowest BCUT2D eigenvalue weighted by Crippen LogP contribution is -2.42. The molecule has 150 valence electrons. The summed E-state index contributed by atoms with van der Waals surface area (Å²) in [5.74, 6) is -1.21. The second-order valence-electron chi connectivity index (χ2n) is 6.07. The second kappa shape index (κ2) is 9.41. The summed E-state index contributed by atoms with van der Waals surface area (Å²) in [6.07, 6.45) is 0. The summed E-state index contributed by atoms with van der Waals surface area (Å²) in [4.78, 5) is 48.4. The first kappa shape index (κ1) is 21.5. The average molecular weight is 406 g/mol. The molecule has 1 atom stereocenters. The molecule has 28 heavy (non-hydrogen) atoms. The van der Waals surface area contributed by atoms with E-state index in [9.17, 15) is 19.2 Å². The summed E-state index contributed by atoms with van der Waals surface area (Å²) >= 11 is 4.00. The van der Waals surface area contributed by atoms with Gasteiger partial charge in [-0.15, -0.1) is 0 Å². The topological polar surface area (TPSA) is 111 Å². The minimum Gasteiger partial charge on any atom is -0.496 e. The van der Waals surface area contributed by atoms with Crippen LogP contribution in [0, 0.1) is 0 Å². The number of benzene rings is 1. The Hall–Kier alpha value is -2.81. The third-order valence-corrected chi connectivity index (χ3v) is 4.52. The number of ether oxygens (including phenoxy) is 2. The van der Waals surface area contributed by atoms with E-state index in [1.54, 1.807) is 25.1 Å². The van der Waals surface area contributed by atoms with E-state index < -0.39 is 12.0 Å². The zero-order chi connectivity index (χ0) is 20.8. The standard InChI is InChI=1S/C19H22N2O6S/c1-10-16(20-7-8-27-19(25)13(9-28)21-11(2)22)18(24)15-12(17(10)23)5-4-6-14(15)26-3/h4-6,13,20,28H,7-9H2,1-3H3,(H,21,22)/t13-/m0/s1. The third kappa shape index (κ3) is 4.53. The molecule has 1 aliphatic carbocycles. The van der Waals surface area contributed by atoms with Crippen LogP contribution in [0.15, 0.2) is 29.5 Å². The summed E-state index contributed by atoms with van der Waals surface area (Å²) in [5.41, 5.74) is 0.931. The van der Waals surface area contributed by atoms with Crippen LogP contribution in [0.1, 0.15) is 34.6 Å². The fourth-order valence-corrected chi connectivity index (χ4v) is 3.04. The van der Waals surface area contributed by atoms with Gasteiger partial charge in [0.05, 0.1) is 18.4 Å². The van der Waals surface area contributed by atoms with Crippen molar-refractivity contribution in [1.29, 1.82) is 0 Å². The van der Waals surface area contributed by atoms with Crippen LogP contribution in [0.3, 0.4) is 0 Å². The Bertz CT molecular complexity index is 849. The predicted molar refractivity (Wildman–Crippen MR) is 105 cm³/mol. The van der Waals surface area contributed by atoms with Crippen LogP contribution in [0.5, 0.6) is 5.75 Å². The molecule has 0 aliphatic heterocycles. The minimum absolute atomic E-state index is 0.0558. The first-order valence-corrected chi connectivity index (χ1v) is 9.20. The smallest absolute Gasteiger partial charge is 0.329 e. The van der Waals surface area contributed by atoms with E-state index in [-0.39, 0.29) is 53.2 Å². The lowest BCUT2D eigenvalue weighted by Gasteiger charge is -2.22. The SMILES string of the molecule is COc1cccc2c1C(=O)C(NCCOC(=O)[C@H](CS)NC(C)=O)=C(C)C2=O. The predicted octanol–water partition coefficient (Wildman–Crippen LogP) is 0.915. The van der Waals surface area contributed by atoms with Crippen molar-refractivity contribution in [2.24, 2.45) is 0 Å². The molecule has 1 aliphatic rings. The van der Waals surface area contributed by atoms with Gasteiger partial charge in [0.1, 0.15) is 18.4 Å². The monoisotopic (exact) mass is 406 g/mol. The maximum atomic E-state index is 12.8. The summed E-state index contributed by atoms with van der Waals surface area (Å²) in [7, 11) is 1.43. The van der Waals surface area contributed by atoms with Gasteiger partial charge < -0.3 is 20.1 Å². The molecule has 0 bridgehead atoms. The number of thiol groups is 1. The molecule has 0 saturated carbocycles. The molecule has 0 radical (unpaired) electrons. The van der Waals surface area contributed by atoms with Crippen LogP contribution in [-0.2, 0) is 14.3 Å². The van der Waals surface area contributed by atoms with Crippen LogP contribution in [0.4, 0.5) is 0 Å². The Kier molecular flexibility index (Phi) is 7.22. The number of nitrogens with one attached hydrogen (secondary N) is 2. The molecular formula is C19H22N2O6S. The number of allylic oxidation sites excluding steroid dienone is 2. The Morgan fingerprint density at radius 2 is 1.93 bits per heavy atom. The van der Waals surface area contributed by atoms with Gasteiger partial charge in [-0.25, -0.2) is 4.79 Å². The number of Topliss-reactive ketones (excluding diaryl/α,β-unsaturated/α-hetero) is 2. The van der Waals surface area contributed by atoms with Gasteiger partial charge >= 0.3 is 5.97 Å². The quantitative estimate of drug-likeness (QED) is 0.334. The van der Waals surface area contributed by atoms with Crippen molar-refractivity contribution in [2.75, 3.05) is 26.0 Å². The van der Waals surface area contributed by atoms with Gasteiger partial charge in [0.15, 0.2) is 5.78 Å². The Morgan fingerprint density at radius 1 is 1.21 bits per heavy atom. The van der Waals surface area contributed by atoms with Gasteiger partial charge in [-0.3, -0.25) is 14.4 Å². The van der Waals surface area contributed by atoms with Crippen molar-refractivity contribution in [3.63, 3.8) is 0 Å². The molecule has 9 heteroatoms. The van der Waals surface area contributed by atoms with E-state index in [1.165, 1.54) is 14.0 Å². The number of amides is 1. The molecule has 0 spiro atoms. The van der Waals surface area contributed by atoms with Crippen molar-refractivity contribution in [3.8, 4) is 5.75 Å². The first-order valence-electron chi connectivity index (χ1n) is 8.57. The zero-order valence-corrected chi connectivity index (χ0v) is 16.7. The zero-order valence-electron chi connectivity index (χ0n) is 15.8. The highest BCUT2D eigenvalue weighted by atomic mass is 32.1. The highest BCUT2D eigenvalue weighted by molar-refractivity contribution is 7.80. The van der Waals surface area contributed by atoms with Gasteiger partial charge in [0.2, 0.25) is 11.7 Å². The normalized spacial score (nSPS) is 14.3. The first-order chi connectivity index (χ1) is 13.3. The van der Waals surface area contributed by atoms with Gasteiger partial charge in [0.25, 0.3) is 0 Å². The Labute approximate surface area is 168 Å². The maximum Gasteiger partial charge on any atom is 0.329 e. The summed E-state index contributed by atoms with van der Waals surface area (Å²) in [6.45, 7) is 2.91. The summed E-state index contributed by atoms with van der Waals surface area (Å²) in [5, 5.41) is 5.30. The number of carbonyl (C=O) groups is 4. The average Bonchev–Trinajstić information content (AvgIpc) is 2.68. The number of rotatable bonds is 8. The van der Waals surface area contributed by atoms with Crippen LogP contribution in [-0.4, -0.2) is 55.5 Å². The van der Waals surface area contributed by atoms with E-state index in [4.69, 9.17) is 9.47 Å². The number of esters is 1. The molecule has 0 fully saturated rings. The number of carbonyl (C=O) groups excluding carboxylic acids is 4. The molecule has 0 unspecified atom stereocenters. The van der Waals surface area contributed by atoms with Crippen molar-refractivity contribution in [3.05, 3.63) is 40.6 Å². The number of ketones is 2. The molecule has 0 heterocycles. The summed E-state index contributed by atoms with van der Waals surface area (Å²) in [6, 6.07) is 4.00. The third-order valence-electron chi connectivity index (χ3n) is 4.15. The fraction of sp³-hybridized carbons (Fsp3) is 0.368. The van der Waals surface area contributed by atoms with Crippen LogP contribution < -0.4 is 15.4 Å². The number of hydrogen-bond acceptors (Lipinski definition) is 8. The van der Waals surface area contributed by atoms with Crippen molar-refractivity contribution in [1.82, 2.24) is 10.6 Å². The van der Waals surface area contributed by atoms with Gasteiger partial charge in [-0.1, -0.05) is 12.1 Å². The van der Waals surface area contributed by atoms with Crippen LogP contribution in [0.25, 0.3) is 0 Å². The molecule has 2 N–H and O–H groups in total. The Morgan fingerprint density at radius 3 is 2.54 bits per heavy atom. The largest absolute Gasteiger partial charge is 0.496 e. The van der Waals surface area contributed by atoms with E-state index in [2.05, 4.69) is 23.3 Å². The number of methoxy groups -OCH3 is 1. The molecule has 8 nitrogen and oxygen atoms in total. The fourth-order valence-electron chi connectivity index (χ4n) is 2.80. The molecule has 1 aromatic carbocycles. The van der Waals surface area contributed by atoms with Gasteiger partial charge in [-0.05, 0) is 13.0 Å². The van der Waals surface area contributed by atoms with E-state index >= 15 is 0 Å². The second-order valence-corrected chi connectivity index (χ2v) is 6.44. The number of hydrogen-bond donors (Lipinski definition) is 3. The molecule has 0 aromatic heterocycles. The maximum absolute atomic E-state index is 12.8. The molecular weight excluding hydrogens is 384 g/mol. The van der Waals surface area contributed by atoms with Crippen LogP contribution >= 0.6 is 12.6 Å². The summed E-state index contributed by atoms with van der Waals surface area (Å²) < 4.78 is 10.3. The molecule has 2 rings (SSSR count). The van der Waals surface area contributed by atoms with Crippen molar-refractivity contribution < 1.29 is 28.7 Å². The molecule has 1 aromatic rings. The van der Waals surface area contributed by atoms with Crippen molar-refractivity contribution in [2.45, 2.75) is 19.9 Å². The molecule has 1 amide bonds.